The first-order valence-electron chi connectivity index (χ1n) is 6.49. The van der Waals surface area contributed by atoms with E-state index in [4.69, 9.17) is 9.47 Å². The molecule has 2 rings (SSSR count). The van der Waals surface area contributed by atoms with Crippen LogP contribution in [0.5, 0.6) is 11.6 Å². The van der Waals surface area contributed by atoms with Crippen LogP contribution in [-0.2, 0) is 6.61 Å². The number of halogens is 2. The predicted octanol–water partition coefficient (Wildman–Crippen LogP) is 3.38. The van der Waals surface area contributed by atoms with E-state index in [1.165, 1.54) is 0 Å². The fraction of sp³-hybridized carbons (Fsp3) is 0.267. The fourth-order valence-electron chi connectivity index (χ4n) is 1.72. The third-order valence-corrected chi connectivity index (χ3v) is 2.78. The third kappa shape index (κ3) is 3.81. The summed E-state index contributed by atoms with van der Waals surface area (Å²) < 4.78 is 37.4. The van der Waals surface area contributed by atoms with Crippen molar-refractivity contribution in [1.29, 1.82) is 0 Å². The van der Waals surface area contributed by atoms with Gasteiger partial charge in [-0.2, -0.15) is 4.98 Å². The van der Waals surface area contributed by atoms with E-state index < -0.39 is 11.6 Å². The molecule has 0 spiro atoms. The first-order valence-corrected chi connectivity index (χ1v) is 6.49. The molecule has 21 heavy (non-hydrogen) atoms. The lowest BCUT2D eigenvalue weighted by Gasteiger charge is -2.10. The average molecular weight is 294 g/mol. The minimum absolute atomic E-state index is 0.0244. The zero-order chi connectivity index (χ0) is 15.2. The van der Waals surface area contributed by atoms with Gasteiger partial charge in [0, 0.05) is 12.6 Å². The van der Waals surface area contributed by atoms with Gasteiger partial charge in [0.15, 0.2) is 17.5 Å². The molecule has 112 valence electrons. The van der Waals surface area contributed by atoms with Crippen molar-refractivity contribution in [2.45, 2.75) is 13.5 Å². The molecule has 6 heteroatoms. The number of benzene rings is 1. The Bertz CT molecular complexity index is 603. The summed E-state index contributed by atoms with van der Waals surface area (Å²) in [5.41, 5.74) is 0.825. The number of aromatic nitrogens is 1. The van der Waals surface area contributed by atoms with Crippen molar-refractivity contribution in [3.63, 3.8) is 0 Å². The Morgan fingerprint density at radius 3 is 2.48 bits per heavy atom. The lowest BCUT2D eigenvalue weighted by molar-refractivity contribution is 0.276. The summed E-state index contributed by atoms with van der Waals surface area (Å²) in [6.07, 6.45) is 0. The monoisotopic (exact) mass is 294 g/mol. The number of nitrogens with zero attached hydrogens (tertiary/aromatic N) is 1. The number of hydrogen-bond donors (Lipinski definition) is 1. The quantitative estimate of drug-likeness (QED) is 0.887. The second kappa shape index (κ2) is 6.88. The van der Waals surface area contributed by atoms with Crippen LogP contribution in [0.2, 0.25) is 0 Å². The Labute approximate surface area is 121 Å². The van der Waals surface area contributed by atoms with Gasteiger partial charge in [0.05, 0.1) is 7.11 Å². The Balaban J connectivity index is 2.09. The maximum Gasteiger partial charge on any atom is 0.252 e. The molecule has 0 saturated heterocycles. The maximum atomic E-state index is 13.6. The second-order valence-corrected chi connectivity index (χ2v) is 4.27. The molecule has 0 bridgehead atoms. The van der Waals surface area contributed by atoms with Crippen molar-refractivity contribution in [1.82, 2.24) is 4.98 Å². The summed E-state index contributed by atoms with van der Waals surface area (Å²) in [6.45, 7) is 2.40. The molecule has 0 unspecified atom stereocenters. The predicted molar refractivity (Wildman–Crippen MR) is 75.6 cm³/mol. The van der Waals surface area contributed by atoms with Gasteiger partial charge in [-0.15, -0.1) is 0 Å². The molecule has 4 nitrogen and oxygen atoms in total. The number of anilines is 1. The first kappa shape index (κ1) is 15.0. The highest BCUT2D eigenvalue weighted by molar-refractivity contribution is 5.39. The van der Waals surface area contributed by atoms with E-state index in [0.29, 0.717) is 6.54 Å². The number of ether oxygens (including phenoxy) is 2. The standard InChI is InChI=1S/C15H16F2N2O2/c1-3-18-14-12(16)8-13(17)15(19-14)21-9-10-4-6-11(20-2)7-5-10/h4-8H,3,9H2,1-2H3,(H,18,19). The zero-order valence-electron chi connectivity index (χ0n) is 11.8. The minimum atomic E-state index is -0.831. The summed E-state index contributed by atoms with van der Waals surface area (Å²) >= 11 is 0. The molecule has 1 heterocycles. The van der Waals surface area contributed by atoms with Crippen molar-refractivity contribution in [2.75, 3.05) is 19.0 Å². The van der Waals surface area contributed by atoms with Gasteiger partial charge in [-0.05, 0) is 24.6 Å². The lowest BCUT2D eigenvalue weighted by Crippen LogP contribution is -2.06. The molecule has 0 amide bonds. The van der Waals surface area contributed by atoms with Gasteiger partial charge >= 0.3 is 0 Å². The first-order chi connectivity index (χ1) is 10.1. The van der Waals surface area contributed by atoms with Crippen LogP contribution < -0.4 is 14.8 Å². The van der Waals surface area contributed by atoms with Crippen LogP contribution in [0.25, 0.3) is 0 Å². The molecular weight excluding hydrogens is 278 g/mol. The molecule has 0 aliphatic heterocycles. The summed E-state index contributed by atoms with van der Waals surface area (Å²) in [4.78, 5) is 3.80. The van der Waals surface area contributed by atoms with E-state index >= 15 is 0 Å². The van der Waals surface area contributed by atoms with Crippen molar-refractivity contribution in [3.8, 4) is 11.6 Å². The van der Waals surface area contributed by atoms with E-state index in [0.717, 1.165) is 17.4 Å². The Hall–Kier alpha value is -2.37. The van der Waals surface area contributed by atoms with Crippen LogP contribution in [0.1, 0.15) is 12.5 Å². The fourth-order valence-corrected chi connectivity index (χ4v) is 1.72. The number of methoxy groups -OCH3 is 1. The molecule has 0 saturated carbocycles. The van der Waals surface area contributed by atoms with Gasteiger partial charge in [-0.25, -0.2) is 8.78 Å². The van der Waals surface area contributed by atoms with E-state index in [1.807, 2.05) is 0 Å². The summed E-state index contributed by atoms with van der Waals surface area (Å²) in [6, 6.07) is 7.90. The lowest BCUT2D eigenvalue weighted by atomic mass is 10.2. The van der Waals surface area contributed by atoms with Crippen LogP contribution in [0.4, 0.5) is 14.6 Å². The molecule has 0 aliphatic rings. The molecule has 2 aromatic rings. The molecule has 1 aromatic heterocycles. The van der Waals surface area contributed by atoms with Gasteiger partial charge in [0.2, 0.25) is 0 Å². The van der Waals surface area contributed by atoms with Crippen LogP contribution >= 0.6 is 0 Å². The van der Waals surface area contributed by atoms with Crippen molar-refractivity contribution >= 4 is 5.82 Å². The van der Waals surface area contributed by atoms with E-state index in [1.54, 1.807) is 38.3 Å². The van der Waals surface area contributed by atoms with E-state index in [9.17, 15) is 8.78 Å². The van der Waals surface area contributed by atoms with Gasteiger partial charge in [-0.1, -0.05) is 12.1 Å². The molecular formula is C15H16F2N2O2. The maximum absolute atomic E-state index is 13.6. The Morgan fingerprint density at radius 2 is 1.86 bits per heavy atom. The molecule has 0 fully saturated rings. The van der Waals surface area contributed by atoms with Gasteiger partial charge in [-0.3, -0.25) is 0 Å². The smallest absolute Gasteiger partial charge is 0.252 e. The van der Waals surface area contributed by atoms with Crippen molar-refractivity contribution in [2.24, 2.45) is 0 Å². The zero-order valence-corrected chi connectivity index (χ0v) is 11.8. The Morgan fingerprint density at radius 1 is 1.14 bits per heavy atom. The van der Waals surface area contributed by atoms with Crippen molar-refractivity contribution in [3.05, 3.63) is 47.5 Å². The SMILES string of the molecule is CCNc1nc(OCc2ccc(OC)cc2)c(F)cc1F. The number of pyridine rings is 1. The average Bonchev–Trinajstić information content (AvgIpc) is 2.49. The minimum Gasteiger partial charge on any atom is -0.497 e. The van der Waals surface area contributed by atoms with Gasteiger partial charge in [0.25, 0.3) is 5.88 Å². The summed E-state index contributed by atoms with van der Waals surface area (Å²) in [5, 5.41) is 2.71. The molecule has 1 aromatic carbocycles. The van der Waals surface area contributed by atoms with Crippen LogP contribution in [0.3, 0.4) is 0 Å². The molecule has 1 N–H and O–H groups in total. The number of rotatable bonds is 6. The van der Waals surface area contributed by atoms with Gasteiger partial charge in [0.1, 0.15) is 12.4 Å². The topological polar surface area (TPSA) is 43.4 Å². The van der Waals surface area contributed by atoms with Crippen LogP contribution in [0.15, 0.2) is 30.3 Å². The highest BCUT2D eigenvalue weighted by Gasteiger charge is 2.12. The van der Waals surface area contributed by atoms with Crippen molar-refractivity contribution < 1.29 is 18.3 Å². The second-order valence-electron chi connectivity index (χ2n) is 4.27. The molecule has 0 radical (unpaired) electrons. The normalized spacial score (nSPS) is 10.3. The third-order valence-electron chi connectivity index (χ3n) is 2.78. The summed E-state index contributed by atoms with van der Waals surface area (Å²) in [5.74, 6) is -1.11. The summed E-state index contributed by atoms with van der Waals surface area (Å²) in [7, 11) is 1.57. The number of nitrogens with one attached hydrogen (secondary N) is 1. The number of hydrogen-bond acceptors (Lipinski definition) is 4. The van der Waals surface area contributed by atoms with E-state index in [2.05, 4.69) is 10.3 Å². The molecule has 0 atom stereocenters. The van der Waals surface area contributed by atoms with Crippen LogP contribution in [-0.4, -0.2) is 18.6 Å². The largest absolute Gasteiger partial charge is 0.497 e. The van der Waals surface area contributed by atoms with E-state index in [-0.39, 0.29) is 18.3 Å². The highest BCUT2D eigenvalue weighted by Crippen LogP contribution is 2.22. The van der Waals surface area contributed by atoms with Gasteiger partial charge < -0.3 is 14.8 Å². The van der Waals surface area contributed by atoms with Crippen LogP contribution in [0, 0.1) is 11.6 Å². The molecule has 0 aliphatic carbocycles. The highest BCUT2D eigenvalue weighted by atomic mass is 19.1. The Kier molecular flexibility index (Phi) is 4.92.